The second kappa shape index (κ2) is 2.54. The van der Waals surface area contributed by atoms with Crippen molar-refractivity contribution in [3.8, 4) is 0 Å². The molecule has 0 bridgehead atoms. The first kappa shape index (κ1) is 9.16. The maximum Gasteiger partial charge on any atom is 0.222 e. The lowest BCUT2D eigenvalue weighted by Crippen LogP contribution is -2.41. The van der Waals surface area contributed by atoms with E-state index in [9.17, 15) is 14.9 Å². The molecule has 0 amide bonds. The molecule has 68 valence electrons. The fourth-order valence-corrected chi connectivity index (χ4v) is 1.57. The molecule has 4 nitrogen and oxygen atoms in total. The van der Waals surface area contributed by atoms with Crippen molar-refractivity contribution in [2.24, 2.45) is 5.41 Å². The Balaban J connectivity index is 2.80. The van der Waals surface area contributed by atoms with Crippen LogP contribution in [-0.2, 0) is 4.79 Å². The van der Waals surface area contributed by atoms with Crippen molar-refractivity contribution >= 4 is 6.29 Å². The minimum atomic E-state index is -0.950. The third kappa shape index (κ3) is 1.11. The molecule has 1 saturated carbocycles. The minimum Gasteiger partial charge on any atom is -0.303 e. The standard InChI is InChI=1S/C8H13NO3/c1-7(2,9(11)12)8(3-4-8)5-6-10/h6H,3-5H2,1-2H3. The van der Waals surface area contributed by atoms with Crippen molar-refractivity contribution in [1.29, 1.82) is 0 Å². The van der Waals surface area contributed by atoms with Gasteiger partial charge in [0.2, 0.25) is 5.54 Å². The maximum absolute atomic E-state index is 10.7. The van der Waals surface area contributed by atoms with E-state index in [1.165, 1.54) is 0 Å². The number of aldehydes is 1. The largest absolute Gasteiger partial charge is 0.303 e. The van der Waals surface area contributed by atoms with E-state index in [4.69, 9.17) is 0 Å². The molecule has 0 radical (unpaired) electrons. The summed E-state index contributed by atoms with van der Waals surface area (Å²) in [7, 11) is 0. The molecular formula is C8H13NO3. The zero-order valence-electron chi connectivity index (χ0n) is 7.37. The highest BCUT2D eigenvalue weighted by Gasteiger charge is 2.61. The van der Waals surface area contributed by atoms with Gasteiger partial charge in [-0.05, 0) is 12.8 Å². The number of carbonyl (C=O) groups excluding carboxylic acids is 1. The second-order valence-corrected chi connectivity index (χ2v) is 3.97. The molecule has 1 aliphatic carbocycles. The van der Waals surface area contributed by atoms with Gasteiger partial charge in [-0.25, -0.2) is 0 Å². The van der Waals surface area contributed by atoms with Crippen LogP contribution in [-0.4, -0.2) is 16.7 Å². The smallest absolute Gasteiger partial charge is 0.222 e. The van der Waals surface area contributed by atoms with E-state index in [2.05, 4.69) is 0 Å². The van der Waals surface area contributed by atoms with Gasteiger partial charge in [0, 0.05) is 30.6 Å². The molecule has 1 rings (SSSR count). The average molecular weight is 171 g/mol. The quantitative estimate of drug-likeness (QED) is 0.365. The van der Waals surface area contributed by atoms with Gasteiger partial charge < -0.3 is 4.79 Å². The van der Waals surface area contributed by atoms with E-state index in [1.807, 2.05) is 0 Å². The van der Waals surface area contributed by atoms with Gasteiger partial charge >= 0.3 is 0 Å². The van der Waals surface area contributed by atoms with E-state index in [1.54, 1.807) is 13.8 Å². The molecule has 0 aromatic heterocycles. The van der Waals surface area contributed by atoms with Crippen molar-refractivity contribution in [2.45, 2.75) is 38.6 Å². The fourth-order valence-electron chi connectivity index (χ4n) is 1.57. The van der Waals surface area contributed by atoms with Crippen molar-refractivity contribution in [1.82, 2.24) is 0 Å². The summed E-state index contributed by atoms with van der Waals surface area (Å²) >= 11 is 0. The Kier molecular flexibility index (Phi) is 1.94. The number of hydrogen-bond acceptors (Lipinski definition) is 3. The highest BCUT2D eigenvalue weighted by Crippen LogP contribution is 2.57. The summed E-state index contributed by atoms with van der Waals surface area (Å²) in [5.74, 6) is 0. The van der Waals surface area contributed by atoms with Gasteiger partial charge in [0.15, 0.2) is 0 Å². The van der Waals surface area contributed by atoms with E-state index >= 15 is 0 Å². The van der Waals surface area contributed by atoms with Crippen LogP contribution in [0, 0.1) is 15.5 Å². The fraction of sp³-hybridized carbons (Fsp3) is 0.875. The first-order chi connectivity index (χ1) is 5.46. The van der Waals surface area contributed by atoms with Crippen LogP contribution in [0.25, 0.3) is 0 Å². The van der Waals surface area contributed by atoms with E-state index in [-0.39, 0.29) is 10.3 Å². The van der Waals surface area contributed by atoms with Gasteiger partial charge in [-0.3, -0.25) is 10.1 Å². The van der Waals surface area contributed by atoms with Gasteiger partial charge in [-0.2, -0.15) is 0 Å². The lowest BCUT2D eigenvalue weighted by molar-refractivity contribution is -0.575. The number of carbonyl (C=O) groups is 1. The van der Waals surface area contributed by atoms with Crippen LogP contribution >= 0.6 is 0 Å². The molecule has 1 aliphatic rings. The monoisotopic (exact) mass is 171 g/mol. The molecule has 0 heterocycles. The Morgan fingerprint density at radius 1 is 1.58 bits per heavy atom. The molecule has 0 aromatic rings. The maximum atomic E-state index is 10.7. The Bertz CT molecular complexity index is 218. The molecule has 0 aliphatic heterocycles. The number of nitrogens with zero attached hydrogens (tertiary/aromatic N) is 1. The van der Waals surface area contributed by atoms with E-state index in [0.29, 0.717) is 6.42 Å². The highest BCUT2D eigenvalue weighted by atomic mass is 16.6. The zero-order valence-corrected chi connectivity index (χ0v) is 7.37. The molecule has 0 spiro atoms. The lowest BCUT2D eigenvalue weighted by Gasteiger charge is -2.24. The first-order valence-corrected chi connectivity index (χ1v) is 4.04. The Morgan fingerprint density at radius 2 is 2.08 bits per heavy atom. The van der Waals surface area contributed by atoms with E-state index in [0.717, 1.165) is 19.1 Å². The molecule has 0 saturated heterocycles. The van der Waals surface area contributed by atoms with Gasteiger partial charge in [-0.15, -0.1) is 0 Å². The van der Waals surface area contributed by atoms with Crippen molar-refractivity contribution < 1.29 is 9.72 Å². The highest BCUT2D eigenvalue weighted by molar-refractivity contribution is 5.52. The Labute approximate surface area is 71.1 Å². The summed E-state index contributed by atoms with van der Waals surface area (Å²) < 4.78 is 0. The van der Waals surface area contributed by atoms with Crippen molar-refractivity contribution in [3.05, 3.63) is 10.1 Å². The molecule has 0 aromatic carbocycles. The summed E-state index contributed by atoms with van der Waals surface area (Å²) in [6.07, 6.45) is 2.72. The molecule has 0 atom stereocenters. The molecule has 0 N–H and O–H groups in total. The SMILES string of the molecule is CC(C)([N+](=O)[O-])C1(CC=O)CC1. The van der Waals surface area contributed by atoms with Gasteiger partial charge in [0.05, 0.1) is 0 Å². The first-order valence-electron chi connectivity index (χ1n) is 4.04. The number of nitro groups is 1. The minimum absolute atomic E-state index is 0.274. The normalized spacial score (nSPS) is 20.2. The van der Waals surface area contributed by atoms with Gasteiger partial charge in [-0.1, -0.05) is 0 Å². The summed E-state index contributed by atoms with van der Waals surface area (Å²) in [5.41, 5.74) is -1.30. The summed E-state index contributed by atoms with van der Waals surface area (Å²) in [6, 6.07) is 0. The van der Waals surface area contributed by atoms with Gasteiger partial charge in [0.1, 0.15) is 6.29 Å². The van der Waals surface area contributed by atoms with Crippen molar-refractivity contribution in [3.63, 3.8) is 0 Å². The summed E-state index contributed by atoms with van der Waals surface area (Å²) in [5, 5.41) is 10.7. The third-order valence-corrected chi connectivity index (χ3v) is 3.08. The number of hydrogen-bond donors (Lipinski definition) is 0. The Morgan fingerprint density at radius 3 is 2.33 bits per heavy atom. The van der Waals surface area contributed by atoms with Crippen LogP contribution < -0.4 is 0 Å². The van der Waals surface area contributed by atoms with E-state index < -0.39 is 5.54 Å². The predicted molar refractivity (Wildman–Crippen MR) is 43.4 cm³/mol. The predicted octanol–water partition coefficient (Wildman–Crippen LogP) is 1.41. The lowest BCUT2D eigenvalue weighted by atomic mass is 9.82. The molecule has 1 fully saturated rings. The average Bonchev–Trinajstić information content (AvgIpc) is 2.70. The molecule has 0 unspecified atom stereocenters. The topological polar surface area (TPSA) is 60.2 Å². The van der Waals surface area contributed by atoms with Crippen LogP contribution in [0.4, 0.5) is 0 Å². The second-order valence-electron chi connectivity index (χ2n) is 3.97. The molecule has 12 heavy (non-hydrogen) atoms. The summed E-state index contributed by atoms with van der Waals surface area (Å²) in [6.45, 7) is 3.20. The van der Waals surface area contributed by atoms with Crippen molar-refractivity contribution in [2.75, 3.05) is 0 Å². The molecular weight excluding hydrogens is 158 g/mol. The van der Waals surface area contributed by atoms with Crippen LogP contribution in [0.5, 0.6) is 0 Å². The Hall–Kier alpha value is -0.930. The van der Waals surface area contributed by atoms with Gasteiger partial charge in [0.25, 0.3) is 0 Å². The van der Waals surface area contributed by atoms with Crippen LogP contribution in [0.3, 0.4) is 0 Å². The summed E-state index contributed by atoms with van der Waals surface area (Å²) in [4.78, 5) is 20.7. The zero-order chi connectivity index (χ0) is 9.41. The third-order valence-electron chi connectivity index (χ3n) is 3.08. The van der Waals surface area contributed by atoms with Crippen LogP contribution in [0.15, 0.2) is 0 Å². The number of rotatable bonds is 4. The van der Waals surface area contributed by atoms with Crippen LogP contribution in [0.2, 0.25) is 0 Å². The molecule has 4 heteroatoms. The van der Waals surface area contributed by atoms with Crippen LogP contribution in [0.1, 0.15) is 33.1 Å².